The van der Waals surface area contributed by atoms with E-state index < -0.39 is 0 Å². The van der Waals surface area contributed by atoms with Crippen LogP contribution in [-0.2, 0) is 0 Å². The van der Waals surface area contributed by atoms with Crippen molar-refractivity contribution in [1.29, 1.82) is 0 Å². The Morgan fingerprint density at radius 3 is 2.57 bits per heavy atom. The van der Waals surface area contributed by atoms with Crippen LogP contribution in [0.5, 0.6) is 0 Å². The molecular formula is C21H22N6OS2. The van der Waals surface area contributed by atoms with Crippen molar-refractivity contribution >= 4 is 29.0 Å². The molecule has 0 radical (unpaired) electrons. The molecule has 1 unspecified atom stereocenters. The van der Waals surface area contributed by atoms with Gasteiger partial charge in [-0.15, -0.1) is 31.7 Å². The molecule has 5 rings (SSSR count). The van der Waals surface area contributed by atoms with Crippen molar-refractivity contribution in [3.8, 4) is 16.5 Å². The average Bonchev–Trinajstić information content (AvgIpc) is 3.55. The third-order valence-electron chi connectivity index (χ3n) is 5.10. The smallest absolute Gasteiger partial charge is 0.257 e. The molecule has 154 valence electrons. The van der Waals surface area contributed by atoms with Crippen molar-refractivity contribution in [2.75, 3.05) is 18.0 Å². The molecule has 30 heavy (non-hydrogen) atoms. The Morgan fingerprint density at radius 2 is 1.83 bits per heavy atom. The average molecular weight is 439 g/mol. The van der Waals surface area contributed by atoms with E-state index in [-0.39, 0.29) is 5.25 Å². The summed E-state index contributed by atoms with van der Waals surface area (Å²) in [6.45, 7) is 6.17. The largest absolute Gasteiger partial charge is 0.419 e. The van der Waals surface area contributed by atoms with E-state index in [0.29, 0.717) is 11.8 Å². The molecule has 0 spiro atoms. The van der Waals surface area contributed by atoms with Gasteiger partial charge in [-0.3, -0.25) is 4.57 Å². The van der Waals surface area contributed by atoms with Crippen molar-refractivity contribution < 1.29 is 4.42 Å². The van der Waals surface area contributed by atoms with E-state index in [1.807, 2.05) is 17.5 Å². The minimum atomic E-state index is -0.0500. The molecule has 1 saturated heterocycles. The summed E-state index contributed by atoms with van der Waals surface area (Å²) in [5.41, 5.74) is 2.29. The molecule has 0 N–H and O–H groups in total. The maximum absolute atomic E-state index is 5.93. The Balaban J connectivity index is 1.45. The van der Waals surface area contributed by atoms with Crippen molar-refractivity contribution in [2.45, 2.75) is 37.1 Å². The Kier molecular flexibility index (Phi) is 5.30. The zero-order chi connectivity index (χ0) is 20.5. The number of aromatic nitrogens is 5. The van der Waals surface area contributed by atoms with E-state index in [0.717, 1.165) is 34.8 Å². The van der Waals surface area contributed by atoms with Crippen LogP contribution in [0.2, 0.25) is 0 Å². The molecule has 1 aromatic carbocycles. The number of hydrogen-bond acceptors (Lipinski definition) is 8. The van der Waals surface area contributed by atoms with E-state index in [9.17, 15) is 0 Å². The van der Waals surface area contributed by atoms with Crippen molar-refractivity contribution in [3.63, 3.8) is 0 Å². The monoisotopic (exact) mass is 438 g/mol. The highest BCUT2D eigenvalue weighted by molar-refractivity contribution is 7.99. The minimum Gasteiger partial charge on any atom is -0.419 e. The summed E-state index contributed by atoms with van der Waals surface area (Å²) in [6, 6.07) is 12.4. The lowest BCUT2D eigenvalue weighted by molar-refractivity contribution is 0.510. The topological polar surface area (TPSA) is 72.9 Å². The highest BCUT2D eigenvalue weighted by Crippen LogP contribution is 2.37. The van der Waals surface area contributed by atoms with Gasteiger partial charge in [0.25, 0.3) is 5.89 Å². The number of hydrogen-bond donors (Lipinski definition) is 0. The number of thiophene rings is 1. The van der Waals surface area contributed by atoms with Gasteiger partial charge in [0.2, 0.25) is 11.8 Å². The maximum Gasteiger partial charge on any atom is 0.257 e. The predicted octanol–water partition coefficient (Wildman–Crippen LogP) is 5.14. The molecule has 0 amide bonds. The van der Waals surface area contributed by atoms with Crippen LogP contribution in [0.25, 0.3) is 16.5 Å². The molecule has 4 heterocycles. The number of anilines is 1. The van der Waals surface area contributed by atoms with Gasteiger partial charge in [0.05, 0.1) is 15.8 Å². The van der Waals surface area contributed by atoms with Crippen LogP contribution < -0.4 is 4.90 Å². The molecule has 7 nitrogen and oxygen atoms in total. The van der Waals surface area contributed by atoms with Crippen LogP contribution in [0.1, 0.15) is 36.5 Å². The summed E-state index contributed by atoms with van der Waals surface area (Å²) in [6.07, 6.45) is 2.38. The number of nitrogens with zero attached hydrogens (tertiary/aromatic N) is 6. The maximum atomic E-state index is 5.93. The fourth-order valence-electron chi connectivity index (χ4n) is 3.49. The molecule has 4 aromatic rings. The highest BCUT2D eigenvalue weighted by atomic mass is 32.2. The van der Waals surface area contributed by atoms with Crippen LogP contribution in [-0.4, -0.2) is 38.1 Å². The van der Waals surface area contributed by atoms with Gasteiger partial charge in [0, 0.05) is 13.1 Å². The highest BCUT2D eigenvalue weighted by Gasteiger charge is 2.25. The van der Waals surface area contributed by atoms with E-state index >= 15 is 0 Å². The molecule has 1 aliphatic heterocycles. The van der Waals surface area contributed by atoms with Gasteiger partial charge in [-0.05, 0) is 50.3 Å². The number of thioether (sulfide) groups is 1. The molecule has 0 bridgehead atoms. The van der Waals surface area contributed by atoms with Crippen LogP contribution in [0.4, 0.5) is 5.95 Å². The van der Waals surface area contributed by atoms with Crippen LogP contribution in [0, 0.1) is 6.92 Å². The van der Waals surface area contributed by atoms with Crippen LogP contribution >= 0.6 is 23.1 Å². The summed E-state index contributed by atoms with van der Waals surface area (Å²) in [5.74, 6) is 2.05. The van der Waals surface area contributed by atoms with Gasteiger partial charge in [-0.25, -0.2) is 0 Å². The molecule has 9 heteroatoms. The first-order chi connectivity index (χ1) is 14.7. The molecular weight excluding hydrogens is 416 g/mol. The molecule has 1 fully saturated rings. The van der Waals surface area contributed by atoms with Gasteiger partial charge >= 0.3 is 0 Å². The first kappa shape index (κ1) is 19.3. The summed E-state index contributed by atoms with van der Waals surface area (Å²) in [5, 5.41) is 20.3. The Bertz CT molecular complexity index is 1110. The number of benzene rings is 1. The molecule has 1 aliphatic rings. The summed E-state index contributed by atoms with van der Waals surface area (Å²) in [4.78, 5) is 3.29. The second-order valence-electron chi connectivity index (χ2n) is 7.33. The number of aryl methyl sites for hydroxylation is 1. The van der Waals surface area contributed by atoms with Gasteiger partial charge in [0.15, 0.2) is 5.16 Å². The summed E-state index contributed by atoms with van der Waals surface area (Å²) >= 11 is 3.17. The SMILES string of the molecule is Cc1ccc(-n2c(SC(C)c3nnc(-c4cccs4)o3)nnc2N2CCCC2)cc1. The van der Waals surface area contributed by atoms with Gasteiger partial charge < -0.3 is 9.32 Å². The van der Waals surface area contributed by atoms with Crippen LogP contribution in [0.15, 0.2) is 51.4 Å². The first-order valence-electron chi connectivity index (χ1n) is 10.0. The van der Waals surface area contributed by atoms with E-state index in [2.05, 4.69) is 68.0 Å². The Morgan fingerprint density at radius 1 is 1.03 bits per heavy atom. The Labute approximate surface area is 183 Å². The normalized spacial score (nSPS) is 15.1. The lowest BCUT2D eigenvalue weighted by Crippen LogP contribution is -2.22. The standard InChI is InChI=1S/C21H22N6OS2/c1-14-7-9-16(10-8-14)27-20(26-11-3-4-12-26)24-25-21(27)30-15(2)18-22-23-19(28-18)17-6-5-13-29-17/h5-10,13,15H,3-4,11-12H2,1-2H3. The van der Waals surface area contributed by atoms with Gasteiger partial charge in [-0.2, -0.15) is 0 Å². The lowest BCUT2D eigenvalue weighted by atomic mass is 10.2. The first-order valence-corrected chi connectivity index (χ1v) is 11.8. The predicted molar refractivity (Wildman–Crippen MR) is 119 cm³/mol. The lowest BCUT2D eigenvalue weighted by Gasteiger charge is -2.19. The minimum absolute atomic E-state index is 0.0500. The van der Waals surface area contributed by atoms with E-state index in [4.69, 9.17) is 4.42 Å². The quantitative estimate of drug-likeness (QED) is 0.386. The van der Waals surface area contributed by atoms with Crippen molar-refractivity contribution in [1.82, 2.24) is 25.0 Å². The molecule has 0 saturated carbocycles. The fourth-order valence-corrected chi connectivity index (χ4v) is 5.02. The summed E-state index contributed by atoms with van der Waals surface area (Å²) in [7, 11) is 0. The third kappa shape index (κ3) is 3.75. The van der Waals surface area contributed by atoms with E-state index in [1.54, 1.807) is 23.1 Å². The zero-order valence-corrected chi connectivity index (χ0v) is 18.5. The van der Waals surface area contributed by atoms with Crippen molar-refractivity contribution in [3.05, 3.63) is 53.2 Å². The zero-order valence-electron chi connectivity index (χ0n) is 16.9. The second kappa shape index (κ2) is 8.23. The van der Waals surface area contributed by atoms with Gasteiger partial charge in [0.1, 0.15) is 0 Å². The number of rotatable bonds is 6. The van der Waals surface area contributed by atoms with Crippen LogP contribution in [0.3, 0.4) is 0 Å². The van der Waals surface area contributed by atoms with E-state index in [1.165, 1.54) is 18.4 Å². The molecule has 3 aromatic heterocycles. The Hall–Kier alpha value is -2.65. The third-order valence-corrected chi connectivity index (χ3v) is 6.99. The molecule has 1 atom stereocenters. The van der Waals surface area contributed by atoms with Gasteiger partial charge in [-0.1, -0.05) is 35.5 Å². The fraction of sp³-hybridized carbons (Fsp3) is 0.333. The van der Waals surface area contributed by atoms with Crippen molar-refractivity contribution in [2.24, 2.45) is 0 Å². The molecule has 0 aliphatic carbocycles. The second-order valence-corrected chi connectivity index (χ2v) is 9.59. The summed E-state index contributed by atoms with van der Waals surface area (Å²) < 4.78 is 8.07.